The van der Waals surface area contributed by atoms with Crippen LogP contribution in [-0.4, -0.2) is 39.7 Å². The van der Waals surface area contributed by atoms with E-state index in [-0.39, 0.29) is 45.4 Å². The van der Waals surface area contributed by atoms with E-state index < -0.39 is 17.1 Å². The monoisotopic (exact) mass is 600 g/mol. The maximum absolute atomic E-state index is 13.3. The number of amides is 2. The number of carbonyl (C=O) groups excluding carboxylic acids is 4. The zero-order valence-electron chi connectivity index (χ0n) is 23.3. The summed E-state index contributed by atoms with van der Waals surface area (Å²) in [4.78, 5) is 65.4. The summed E-state index contributed by atoms with van der Waals surface area (Å²) in [6.45, 7) is 1.71. The second kappa shape index (κ2) is 11.6. The van der Waals surface area contributed by atoms with Crippen molar-refractivity contribution in [3.05, 3.63) is 137 Å². The topological polar surface area (TPSA) is 130 Å². The number of carbonyl (C=O) groups is 5. The molecule has 216 valence electrons. The van der Waals surface area contributed by atoms with Crippen molar-refractivity contribution in [2.45, 2.75) is 17.1 Å². The van der Waals surface area contributed by atoms with E-state index >= 15 is 0 Å². The Labute approximate surface area is 256 Å². The van der Waals surface area contributed by atoms with Gasteiger partial charge in [0.05, 0.1) is 22.1 Å². The summed E-state index contributed by atoms with van der Waals surface area (Å²) in [6.07, 6.45) is 0. The molecule has 0 radical (unpaired) electrons. The van der Waals surface area contributed by atoms with Gasteiger partial charge < -0.3 is 15.7 Å². The van der Waals surface area contributed by atoms with E-state index in [9.17, 15) is 29.1 Å². The van der Waals surface area contributed by atoms with Crippen molar-refractivity contribution < 1.29 is 29.1 Å². The third-order valence-electron chi connectivity index (χ3n) is 7.36. The minimum atomic E-state index is -1.13. The highest BCUT2D eigenvalue weighted by Crippen LogP contribution is 2.33. The van der Waals surface area contributed by atoms with Gasteiger partial charge >= 0.3 is 5.97 Å². The minimum absolute atomic E-state index is 0.0346. The van der Waals surface area contributed by atoms with Gasteiger partial charge in [0.1, 0.15) is 0 Å². The third kappa shape index (κ3) is 5.25. The van der Waals surface area contributed by atoms with E-state index in [1.807, 2.05) is 0 Å². The summed E-state index contributed by atoms with van der Waals surface area (Å²) in [7, 11) is 0. The highest BCUT2D eigenvalue weighted by molar-refractivity contribution is 8.00. The van der Waals surface area contributed by atoms with Crippen LogP contribution in [0.4, 0.5) is 11.4 Å². The number of carboxylic acid groups (broad SMARTS) is 1. The van der Waals surface area contributed by atoms with Gasteiger partial charge in [-0.1, -0.05) is 66.7 Å². The summed E-state index contributed by atoms with van der Waals surface area (Å²) >= 11 is 1.25. The lowest BCUT2D eigenvalue weighted by atomic mass is 9.83. The van der Waals surface area contributed by atoms with E-state index in [0.717, 1.165) is 0 Å². The zero-order chi connectivity index (χ0) is 31.0. The number of ketones is 2. The van der Waals surface area contributed by atoms with Crippen molar-refractivity contribution in [2.75, 3.05) is 10.6 Å². The number of nitrogens with one attached hydrogen (secondary N) is 2. The van der Waals surface area contributed by atoms with Gasteiger partial charge in [-0.05, 0) is 48.7 Å². The lowest BCUT2D eigenvalue weighted by Crippen LogP contribution is -2.27. The van der Waals surface area contributed by atoms with E-state index in [0.29, 0.717) is 32.5 Å². The van der Waals surface area contributed by atoms with E-state index in [1.165, 1.54) is 17.8 Å². The average Bonchev–Trinajstić information content (AvgIpc) is 3.03. The molecular formula is C35H24N2O6S. The summed E-state index contributed by atoms with van der Waals surface area (Å²) in [5, 5.41) is 15.7. The fourth-order valence-corrected chi connectivity index (χ4v) is 6.22. The standard InChI is InChI=1S/C35H24N2O6S/c1-19(33(40)37-28-17-7-14-25-30(28)32(39)24-13-3-2-12-23(24)31(25)38)44-22-11-6-10-21(18-22)36-34(41)26-15-4-8-20-9-5-16-27(29(20)26)35(42)43/h2-19H,1H3,(H,36,41)(H,37,40)(H,42,43). The number of aromatic carboxylic acids is 1. The SMILES string of the molecule is CC(Sc1cccc(NC(=O)c2cccc3cccc(C(=O)O)c23)c1)C(=O)Nc1cccc2c1C(=O)c1ccccc1C2=O. The molecule has 6 rings (SSSR count). The molecule has 0 aliphatic heterocycles. The normalized spacial score (nSPS) is 12.7. The molecule has 1 atom stereocenters. The van der Waals surface area contributed by atoms with E-state index in [4.69, 9.17) is 0 Å². The molecule has 3 N–H and O–H groups in total. The Balaban J connectivity index is 1.18. The first-order valence-corrected chi connectivity index (χ1v) is 14.6. The number of rotatable bonds is 7. The maximum Gasteiger partial charge on any atom is 0.336 e. The number of fused-ring (bicyclic) bond motifs is 3. The van der Waals surface area contributed by atoms with Crippen molar-refractivity contribution in [3.8, 4) is 0 Å². The summed E-state index contributed by atoms with van der Waals surface area (Å²) < 4.78 is 0. The number of hydrogen-bond acceptors (Lipinski definition) is 6. The number of hydrogen-bond donors (Lipinski definition) is 3. The molecule has 0 spiro atoms. The largest absolute Gasteiger partial charge is 0.478 e. The Hall–Kier alpha value is -5.54. The van der Waals surface area contributed by atoms with Crippen molar-refractivity contribution >= 4 is 63.3 Å². The molecule has 1 aliphatic carbocycles. The Bertz CT molecular complexity index is 2030. The van der Waals surface area contributed by atoms with Gasteiger partial charge in [-0.2, -0.15) is 0 Å². The second-order valence-electron chi connectivity index (χ2n) is 10.2. The van der Waals surface area contributed by atoms with Gasteiger partial charge in [0.25, 0.3) is 5.91 Å². The predicted molar refractivity (Wildman–Crippen MR) is 169 cm³/mol. The van der Waals surface area contributed by atoms with Gasteiger partial charge in [0, 0.05) is 38.2 Å². The van der Waals surface area contributed by atoms with Crippen LogP contribution in [0.25, 0.3) is 10.8 Å². The molecule has 0 aromatic heterocycles. The fraction of sp³-hybridized carbons (Fsp3) is 0.0571. The quantitative estimate of drug-likeness (QED) is 0.174. The summed E-state index contributed by atoms with van der Waals surface area (Å²) in [5.74, 6) is -2.55. The second-order valence-corrected chi connectivity index (χ2v) is 11.6. The van der Waals surface area contributed by atoms with Gasteiger partial charge in [-0.3, -0.25) is 19.2 Å². The van der Waals surface area contributed by atoms with Crippen molar-refractivity contribution in [1.82, 2.24) is 0 Å². The number of thioether (sulfide) groups is 1. The highest BCUT2D eigenvalue weighted by atomic mass is 32.2. The average molecular weight is 601 g/mol. The molecule has 0 heterocycles. The number of carboxylic acids is 1. The van der Waals surface area contributed by atoms with Crippen LogP contribution in [-0.2, 0) is 4.79 Å². The van der Waals surface area contributed by atoms with Crippen LogP contribution in [0.3, 0.4) is 0 Å². The molecule has 8 nitrogen and oxygen atoms in total. The Kier molecular flexibility index (Phi) is 7.55. The molecule has 0 saturated heterocycles. The Morgan fingerprint density at radius 2 is 1.34 bits per heavy atom. The molecule has 0 saturated carbocycles. The van der Waals surface area contributed by atoms with Crippen LogP contribution >= 0.6 is 11.8 Å². The first-order valence-electron chi connectivity index (χ1n) is 13.7. The van der Waals surface area contributed by atoms with Crippen LogP contribution < -0.4 is 10.6 Å². The molecule has 0 bridgehead atoms. The minimum Gasteiger partial charge on any atom is -0.478 e. The molecule has 9 heteroatoms. The molecule has 5 aromatic rings. The smallest absolute Gasteiger partial charge is 0.336 e. The number of anilines is 2. The van der Waals surface area contributed by atoms with E-state index in [1.54, 1.807) is 104 Å². The van der Waals surface area contributed by atoms with Crippen molar-refractivity contribution in [3.63, 3.8) is 0 Å². The molecule has 2 amide bonds. The van der Waals surface area contributed by atoms with Crippen molar-refractivity contribution in [1.29, 1.82) is 0 Å². The summed E-state index contributed by atoms with van der Waals surface area (Å²) in [5.41, 5.74) is 2.06. The zero-order valence-corrected chi connectivity index (χ0v) is 24.1. The molecule has 5 aromatic carbocycles. The van der Waals surface area contributed by atoms with Gasteiger partial charge in [-0.15, -0.1) is 11.8 Å². The van der Waals surface area contributed by atoms with Crippen LogP contribution in [0.1, 0.15) is 59.5 Å². The summed E-state index contributed by atoms with van der Waals surface area (Å²) in [6, 6.07) is 28.3. The van der Waals surface area contributed by atoms with Crippen LogP contribution in [0.2, 0.25) is 0 Å². The third-order valence-corrected chi connectivity index (χ3v) is 8.46. The lowest BCUT2D eigenvalue weighted by Gasteiger charge is -2.21. The Morgan fingerprint density at radius 3 is 2.07 bits per heavy atom. The van der Waals surface area contributed by atoms with E-state index in [2.05, 4.69) is 10.6 Å². The fourth-order valence-electron chi connectivity index (χ4n) is 5.30. The molecule has 1 aliphatic rings. The molecule has 0 fully saturated rings. The molecule has 1 unspecified atom stereocenters. The van der Waals surface area contributed by atoms with Crippen LogP contribution in [0.5, 0.6) is 0 Å². The van der Waals surface area contributed by atoms with Crippen LogP contribution in [0.15, 0.2) is 108 Å². The Morgan fingerprint density at radius 1 is 0.705 bits per heavy atom. The molecular weight excluding hydrogens is 576 g/mol. The van der Waals surface area contributed by atoms with Gasteiger partial charge in [0.15, 0.2) is 11.6 Å². The number of benzene rings is 5. The highest BCUT2D eigenvalue weighted by Gasteiger charge is 2.32. The maximum atomic E-state index is 13.3. The molecule has 44 heavy (non-hydrogen) atoms. The van der Waals surface area contributed by atoms with Gasteiger partial charge in [-0.25, -0.2) is 4.79 Å². The lowest BCUT2D eigenvalue weighted by molar-refractivity contribution is -0.115. The first-order chi connectivity index (χ1) is 21.2. The predicted octanol–water partition coefficient (Wildman–Crippen LogP) is 6.69. The first kappa shape index (κ1) is 28.6. The van der Waals surface area contributed by atoms with Crippen LogP contribution in [0, 0.1) is 0 Å². The van der Waals surface area contributed by atoms with Gasteiger partial charge in [0.2, 0.25) is 5.91 Å². The van der Waals surface area contributed by atoms with Crippen molar-refractivity contribution in [2.24, 2.45) is 0 Å².